The minimum atomic E-state index is 0.214. The third-order valence-electron chi connectivity index (χ3n) is 4.73. The molecule has 1 aliphatic rings. The zero-order valence-electron chi connectivity index (χ0n) is 16.9. The summed E-state index contributed by atoms with van der Waals surface area (Å²) in [6, 6.07) is 2.50. The van der Waals surface area contributed by atoms with Gasteiger partial charge in [0.05, 0.1) is 0 Å². The summed E-state index contributed by atoms with van der Waals surface area (Å²) in [6.45, 7) is 11.2. The lowest BCUT2D eigenvalue weighted by molar-refractivity contribution is -0.131. The van der Waals surface area contributed by atoms with Crippen LogP contribution < -0.4 is 10.6 Å². The molecule has 1 unspecified atom stereocenters. The number of fused-ring (bicyclic) bond motifs is 1. The number of nitrogens with zero attached hydrogens (tertiary/aromatic N) is 2. The Balaban J connectivity index is 1.69. The highest BCUT2D eigenvalue weighted by Crippen LogP contribution is 2.24. The summed E-state index contributed by atoms with van der Waals surface area (Å²) < 4.78 is 0. The van der Waals surface area contributed by atoms with Gasteiger partial charge >= 0.3 is 0 Å². The van der Waals surface area contributed by atoms with Crippen LogP contribution in [0.25, 0.3) is 0 Å². The molecule has 0 aromatic carbocycles. The standard InChI is InChI=1S/C20H34N4OS/c1-15(6-10-20(2,3)4)23-19(21-5)22-11-7-18(25)24-12-8-17-16(14-24)9-13-26-17/h9,13,15H,6-8,10-12,14H2,1-5H3,(H2,21,22,23). The number of guanidine groups is 1. The van der Waals surface area contributed by atoms with Crippen molar-refractivity contribution in [2.45, 2.75) is 66.0 Å². The molecule has 2 rings (SSSR count). The number of thiophene rings is 1. The Morgan fingerprint density at radius 1 is 1.42 bits per heavy atom. The van der Waals surface area contributed by atoms with Crippen molar-refractivity contribution in [2.24, 2.45) is 10.4 Å². The van der Waals surface area contributed by atoms with Gasteiger partial charge in [0.2, 0.25) is 5.91 Å². The Kier molecular flexibility index (Phi) is 7.50. The van der Waals surface area contributed by atoms with E-state index in [1.54, 1.807) is 18.4 Å². The van der Waals surface area contributed by atoms with Gasteiger partial charge in [-0.2, -0.15) is 0 Å². The molecule has 1 aromatic heterocycles. The lowest BCUT2D eigenvalue weighted by atomic mass is 9.89. The molecule has 26 heavy (non-hydrogen) atoms. The van der Waals surface area contributed by atoms with Gasteiger partial charge in [0.25, 0.3) is 0 Å². The fraction of sp³-hybridized carbons (Fsp3) is 0.700. The number of carbonyl (C=O) groups excluding carboxylic acids is 1. The highest BCUT2D eigenvalue weighted by atomic mass is 32.1. The van der Waals surface area contributed by atoms with Crippen LogP contribution in [0.4, 0.5) is 0 Å². The second-order valence-electron chi connectivity index (χ2n) is 8.33. The minimum absolute atomic E-state index is 0.214. The van der Waals surface area contributed by atoms with Crippen molar-refractivity contribution in [1.82, 2.24) is 15.5 Å². The highest BCUT2D eigenvalue weighted by Gasteiger charge is 2.21. The summed E-state index contributed by atoms with van der Waals surface area (Å²) in [5.74, 6) is 0.989. The van der Waals surface area contributed by atoms with Crippen molar-refractivity contribution in [2.75, 3.05) is 20.1 Å². The number of aliphatic imine (C=N–C) groups is 1. The first-order valence-corrected chi connectivity index (χ1v) is 10.5. The Hall–Kier alpha value is -1.56. The zero-order chi connectivity index (χ0) is 19.2. The molecule has 0 spiro atoms. The van der Waals surface area contributed by atoms with Crippen LogP contribution >= 0.6 is 11.3 Å². The van der Waals surface area contributed by atoms with E-state index in [4.69, 9.17) is 0 Å². The maximum atomic E-state index is 12.5. The van der Waals surface area contributed by atoms with Crippen LogP contribution in [0.1, 0.15) is 57.4 Å². The first-order valence-electron chi connectivity index (χ1n) is 9.58. The molecule has 146 valence electrons. The largest absolute Gasteiger partial charge is 0.356 e. The van der Waals surface area contributed by atoms with Gasteiger partial charge in [0.1, 0.15) is 0 Å². The molecule has 0 aliphatic carbocycles. The predicted octanol–water partition coefficient (Wildman–Crippen LogP) is 3.40. The Labute approximate surface area is 162 Å². The number of hydrogen-bond donors (Lipinski definition) is 2. The van der Waals surface area contributed by atoms with Gasteiger partial charge in [-0.25, -0.2) is 0 Å². The molecule has 1 aromatic rings. The van der Waals surface area contributed by atoms with Crippen molar-refractivity contribution in [3.05, 3.63) is 21.9 Å². The third kappa shape index (κ3) is 6.63. The van der Waals surface area contributed by atoms with Gasteiger partial charge in [-0.15, -0.1) is 11.3 Å². The summed E-state index contributed by atoms with van der Waals surface area (Å²) in [5.41, 5.74) is 1.66. The maximum Gasteiger partial charge on any atom is 0.224 e. The van der Waals surface area contributed by atoms with Crippen LogP contribution in [-0.4, -0.2) is 42.9 Å². The lowest BCUT2D eigenvalue weighted by Gasteiger charge is -2.27. The number of amides is 1. The molecular formula is C20H34N4OS. The molecule has 1 amide bonds. The van der Waals surface area contributed by atoms with E-state index in [1.165, 1.54) is 10.4 Å². The van der Waals surface area contributed by atoms with E-state index in [-0.39, 0.29) is 5.91 Å². The van der Waals surface area contributed by atoms with Crippen LogP contribution in [0.5, 0.6) is 0 Å². The molecular weight excluding hydrogens is 344 g/mol. The molecule has 2 heterocycles. The van der Waals surface area contributed by atoms with Gasteiger partial charge < -0.3 is 15.5 Å². The molecule has 5 nitrogen and oxygen atoms in total. The van der Waals surface area contributed by atoms with Gasteiger partial charge in [-0.1, -0.05) is 20.8 Å². The van der Waals surface area contributed by atoms with Crippen molar-refractivity contribution in [1.29, 1.82) is 0 Å². The molecule has 0 radical (unpaired) electrons. The second-order valence-corrected chi connectivity index (χ2v) is 9.33. The molecule has 0 saturated carbocycles. The predicted molar refractivity (Wildman–Crippen MR) is 111 cm³/mol. The number of nitrogens with one attached hydrogen (secondary N) is 2. The lowest BCUT2D eigenvalue weighted by Crippen LogP contribution is -2.44. The SMILES string of the molecule is CN=C(NCCC(=O)N1CCc2sccc2C1)NC(C)CCC(C)(C)C. The molecule has 2 N–H and O–H groups in total. The van der Waals surface area contributed by atoms with Gasteiger partial charge in [0.15, 0.2) is 5.96 Å². The van der Waals surface area contributed by atoms with E-state index in [0.29, 0.717) is 24.4 Å². The van der Waals surface area contributed by atoms with Crippen LogP contribution in [0.15, 0.2) is 16.4 Å². The normalized spacial score (nSPS) is 16.2. The molecule has 0 saturated heterocycles. The van der Waals surface area contributed by atoms with E-state index in [9.17, 15) is 4.79 Å². The van der Waals surface area contributed by atoms with Crippen molar-refractivity contribution in [3.63, 3.8) is 0 Å². The fourth-order valence-corrected chi connectivity index (χ4v) is 3.95. The van der Waals surface area contributed by atoms with E-state index in [1.807, 2.05) is 4.90 Å². The van der Waals surface area contributed by atoms with Gasteiger partial charge in [-0.05, 0) is 48.6 Å². The molecule has 0 bridgehead atoms. The summed E-state index contributed by atoms with van der Waals surface area (Å²) in [7, 11) is 1.77. The summed E-state index contributed by atoms with van der Waals surface area (Å²) in [6.07, 6.45) is 3.74. The van der Waals surface area contributed by atoms with E-state index < -0.39 is 0 Å². The third-order valence-corrected chi connectivity index (χ3v) is 5.75. The Bertz CT molecular complexity index is 618. The van der Waals surface area contributed by atoms with E-state index in [0.717, 1.165) is 38.3 Å². The zero-order valence-corrected chi connectivity index (χ0v) is 17.7. The fourth-order valence-electron chi connectivity index (χ4n) is 3.06. The van der Waals surface area contributed by atoms with E-state index in [2.05, 4.69) is 54.8 Å². The van der Waals surface area contributed by atoms with Gasteiger partial charge in [0, 0.05) is 44.0 Å². The smallest absolute Gasteiger partial charge is 0.224 e. The topological polar surface area (TPSA) is 56.7 Å². The first-order chi connectivity index (χ1) is 12.3. The second kappa shape index (κ2) is 9.40. The van der Waals surface area contributed by atoms with E-state index >= 15 is 0 Å². The van der Waals surface area contributed by atoms with Crippen molar-refractivity contribution in [3.8, 4) is 0 Å². The van der Waals surface area contributed by atoms with Gasteiger partial charge in [-0.3, -0.25) is 9.79 Å². The minimum Gasteiger partial charge on any atom is -0.356 e. The van der Waals surface area contributed by atoms with Crippen LogP contribution in [0.2, 0.25) is 0 Å². The Morgan fingerprint density at radius 3 is 2.88 bits per heavy atom. The van der Waals surface area contributed by atoms with Crippen molar-refractivity contribution >= 4 is 23.2 Å². The van der Waals surface area contributed by atoms with Crippen LogP contribution in [0.3, 0.4) is 0 Å². The highest BCUT2D eigenvalue weighted by molar-refractivity contribution is 7.10. The molecule has 6 heteroatoms. The average Bonchev–Trinajstić information content (AvgIpc) is 3.06. The molecule has 0 fully saturated rings. The quantitative estimate of drug-likeness (QED) is 0.589. The maximum absolute atomic E-state index is 12.5. The average molecular weight is 379 g/mol. The molecule has 1 aliphatic heterocycles. The number of carbonyl (C=O) groups is 1. The number of hydrogen-bond acceptors (Lipinski definition) is 3. The summed E-state index contributed by atoms with van der Waals surface area (Å²) >= 11 is 1.80. The first kappa shape index (κ1) is 20.7. The Morgan fingerprint density at radius 2 is 2.19 bits per heavy atom. The van der Waals surface area contributed by atoms with Crippen LogP contribution in [-0.2, 0) is 17.8 Å². The molecule has 1 atom stereocenters. The van der Waals surface area contributed by atoms with Crippen LogP contribution in [0, 0.1) is 5.41 Å². The summed E-state index contributed by atoms with van der Waals surface area (Å²) in [4.78, 5) is 20.1. The van der Waals surface area contributed by atoms with Crippen molar-refractivity contribution < 1.29 is 4.79 Å². The summed E-state index contributed by atoms with van der Waals surface area (Å²) in [5, 5.41) is 8.81. The monoisotopic (exact) mass is 378 g/mol. The number of rotatable bonds is 6.